The minimum absolute atomic E-state index is 0.117. The summed E-state index contributed by atoms with van der Waals surface area (Å²) in [6.07, 6.45) is 2.67. The van der Waals surface area contributed by atoms with Crippen molar-refractivity contribution >= 4 is 0 Å². The Bertz CT molecular complexity index is 1260. The number of ether oxygens (including phenoxy) is 1. The van der Waals surface area contributed by atoms with Gasteiger partial charge in [0.25, 0.3) is 5.56 Å². The van der Waals surface area contributed by atoms with Gasteiger partial charge in [0.2, 0.25) is 5.75 Å². The highest BCUT2D eigenvalue weighted by molar-refractivity contribution is 5.44. The van der Waals surface area contributed by atoms with Gasteiger partial charge in [-0.15, -0.1) is 0 Å². The van der Waals surface area contributed by atoms with Gasteiger partial charge in [-0.25, -0.2) is 9.37 Å². The van der Waals surface area contributed by atoms with Gasteiger partial charge in [0.15, 0.2) is 0 Å². The van der Waals surface area contributed by atoms with Gasteiger partial charge in [0.1, 0.15) is 6.67 Å². The summed E-state index contributed by atoms with van der Waals surface area (Å²) < 4.78 is 18.4. The SMILES string of the molecule is C[C@@H](CF)NC[C@@H](Cc1nc[nH]c(=O)c1O)c1ccc(C#Cc2ccc(CN[C@H]3CCOC3)cc2)cc1. The molecule has 2 aromatic carbocycles. The summed E-state index contributed by atoms with van der Waals surface area (Å²) in [4.78, 5) is 18.3. The van der Waals surface area contributed by atoms with Crippen molar-refractivity contribution in [3.05, 3.63) is 93.2 Å². The molecule has 8 heteroatoms. The molecule has 0 radical (unpaired) electrons. The lowest BCUT2D eigenvalue weighted by Gasteiger charge is -2.20. The van der Waals surface area contributed by atoms with Crippen LogP contribution < -0.4 is 16.2 Å². The summed E-state index contributed by atoms with van der Waals surface area (Å²) in [7, 11) is 0. The third-order valence-corrected chi connectivity index (χ3v) is 6.50. The van der Waals surface area contributed by atoms with Crippen molar-refractivity contribution in [3.63, 3.8) is 0 Å². The highest BCUT2D eigenvalue weighted by Crippen LogP contribution is 2.23. The largest absolute Gasteiger partial charge is 0.502 e. The van der Waals surface area contributed by atoms with Crippen molar-refractivity contribution in [2.45, 2.75) is 44.3 Å². The number of halogens is 1. The molecule has 1 fully saturated rings. The summed E-state index contributed by atoms with van der Waals surface area (Å²) in [5, 5.41) is 16.8. The van der Waals surface area contributed by atoms with Gasteiger partial charge in [0, 0.05) is 55.2 Å². The monoisotopic (exact) mass is 504 g/mol. The van der Waals surface area contributed by atoms with Crippen LogP contribution >= 0.6 is 0 Å². The number of rotatable bonds is 10. The lowest BCUT2D eigenvalue weighted by Crippen LogP contribution is -2.32. The quantitative estimate of drug-likeness (QED) is 0.317. The van der Waals surface area contributed by atoms with Gasteiger partial charge in [0.05, 0.1) is 18.6 Å². The molecular weight excluding hydrogens is 471 g/mol. The number of alkyl halides is 1. The Labute approximate surface area is 216 Å². The van der Waals surface area contributed by atoms with E-state index in [2.05, 4.69) is 44.6 Å². The zero-order valence-corrected chi connectivity index (χ0v) is 21.0. The number of H-pyrrole nitrogens is 1. The molecule has 0 bridgehead atoms. The van der Waals surface area contributed by atoms with Crippen LogP contribution in [0.5, 0.6) is 5.75 Å². The summed E-state index contributed by atoms with van der Waals surface area (Å²) in [6.45, 7) is 4.18. The fraction of sp³-hybridized carbons (Fsp3) is 0.379. The molecule has 7 nitrogen and oxygen atoms in total. The molecule has 1 aliphatic heterocycles. The molecule has 0 aliphatic carbocycles. The number of hydrogen-bond acceptors (Lipinski definition) is 6. The van der Waals surface area contributed by atoms with Crippen LogP contribution in [0.25, 0.3) is 0 Å². The van der Waals surface area contributed by atoms with Gasteiger partial charge in [-0.05, 0) is 48.7 Å². The van der Waals surface area contributed by atoms with Gasteiger partial charge >= 0.3 is 0 Å². The molecule has 3 aromatic rings. The molecule has 0 amide bonds. The van der Waals surface area contributed by atoms with Crippen LogP contribution in [0.15, 0.2) is 59.7 Å². The summed E-state index contributed by atoms with van der Waals surface area (Å²) in [5.41, 5.74) is 3.74. The van der Waals surface area contributed by atoms with Gasteiger partial charge in [-0.1, -0.05) is 36.1 Å². The molecular formula is C29H33FN4O3. The molecule has 4 N–H and O–H groups in total. The van der Waals surface area contributed by atoms with Gasteiger partial charge in [-0.2, -0.15) is 0 Å². The Morgan fingerprint density at radius 2 is 1.86 bits per heavy atom. The van der Waals surface area contributed by atoms with Crippen LogP contribution in [0.2, 0.25) is 0 Å². The highest BCUT2D eigenvalue weighted by Gasteiger charge is 2.18. The first-order chi connectivity index (χ1) is 18.0. The van der Waals surface area contributed by atoms with E-state index < -0.39 is 12.2 Å². The average molecular weight is 505 g/mol. The van der Waals surface area contributed by atoms with Crippen molar-refractivity contribution in [2.24, 2.45) is 0 Å². The maximum atomic E-state index is 13.0. The zero-order valence-electron chi connectivity index (χ0n) is 21.0. The Kier molecular flexibility index (Phi) is 9.44. The first-order valence-electron chi connectivity index (χ1n) is 12.6. The van der Waals surface area contributed by atoms with Gasteiger partial charge < -0.3 is 25.5 Å². The van der Waals surface area contributed by atoms with E-state index in [4.69, 9.17) is 4.74 Å². The van der Waals surface area contributed by atoms with Crippen molar-refractivity contribution in [1.82, 2.24) is 20.6 Å². The van der Waals surface area contributed by atoms with Crippen molar-refractivity contribution < 1.29 is 14.2 Å². The second kappa shape index (κ2) is 13.2. The van der Waals surface area contributed by atoms with Crippen LogP contribution in [0.4, 0.5) is 4.39 Å². The number of nitrogens with one attached hydrogen (secondary N) is 3. The first kappa shape index (κ1) is 26.6. The maximum absolute atomic E-state index is 13.0. The molecule has 3 atom stereocenters. The molecule has 1 aliphatic rings. The fourth-order valence-corrected chi connectivity index (χ4v) is 4.16. The van der Waals surface area contributed by atoms with Crippen LogP contribution in [0.1, 0.15) is 47.2 Å². The number of hydrogen-bond donors (Lipinski definition) is 4. The van der Waals surface area contributed by atoms with E-state index >= 15 is 0 Å². The minimum atomic E-state index is -0.577. The number of aromatic nitrogens is 2. The van der Waals surface area contributed by atoms with Crippen molar-refractivity contribution in [1.29, 1.82) is 0 Å². The Morgan fingerprint density at radius 3 is 2.51 bits per heavy atom. The van der Waals surface area contributed by atoms with Gasteiger partial charge in [-0.3, -0.25) is 4.79 Å². The number of benzene rings is 2. The van der Waals surface area contributed by atoms with Crippen LogP contribution in [-0.4, -0.2) is 53.6 Å². The van der Waals surface area contributed by atoms with Crippen LogP contribution in [0, 0.1) is 11.8 Å². The first-order valence-corrected chi connectivity index (χ1v) is 12.6. The normalized spacial score (nSPS) is 16.6. The summed E-state index contributed by atoms with van der Waals surface area (Å²) >= 11 is 0. The Balaban J connectivity index is 1.41. The molecule has 0 spiro atoms. The zero-order chi connectivity index (χ0) is 26.0. The molecule has 37 heavy (non-hydrogen) atoms. The van der Waals surface area contributed by atoms with Crippen molar-refractivity contribution in [2.75, 3.05) is 26.4 Å². The van der Waals surface area contributed by atoms with E-state index in [9.17, 15) is 14.3 Å². The van der Waals surface area contributed by atoms with Crippen LogP contribution in [0.3, 0.4) is 0 Å². The van der Waals surface area contributed by atoms with E-state index in [1.165, 1.54) is 11.9 Å². The van der Waals surface area contributed by atoms with E-state index in [1.807, 2.05) is 36.4 Å². The molecule has 194 valence electrons. The topological polar surface area (TPSA) is 99.3 Å². The number of nitrogens with zero attached hydrogens (tertiary/aromatic N) is 1. The predicted molar refractivity (Wildman–Crippen MR) is 141 cm³/mol. The fourth-order valence-electron chi connectivity index (χ4n) is 4.16. The lowest BCUT2D eigenvalue weighted by atomic mass is 9.92. The summed E-state index contributed by atoms with van der Waals surface area (Å²) in [5.74, 6) is 5.91. The Hall–Kier alpha value is -3.51. The molecule has 1 saturated heterocycles. The lowest BCUT2D eigenvalue weighted by molar-refractivity contribution is 0.190. The predicted octanol–water partition coefficient (Wildman–Crippen LogP) is 3.03. The molecule has 2 heterocycles. The average Bonchev–Trinajstić information content (AvgIpc) is 3.45. The third kappa shape index (κ3) is 7.73. The molecule has 0 saturated carbocycles. The van der Waals surface area contributed by atoms with E-state index in [0.29, 0.717) is 24.7 Å². The van der Waals surface area contributed by atoms with E-state index in [1.54, 1.807) is 6.92 Å². The molecule has 0 unspecified atom stereocenters. The number of aromatic amines is 1. The standard InChI is InChI=1S/C29H33FN4O3/c1-20(15-30)31-17-25(14-27-28(35)29(36)34-19-33-27)24-10-8-22(9-11-24)3-2-21-4-6-23(7-5-21)16-32-26-12-13-37-18-26/h4-11,19-20,25-26,31-32,35H,12-18H2,1H3,(H,33,34,36)/t20-,25+,26-/m0/s1. The molecule has 4 rings (SSSR count). The number of aromatic hydroxyl groups is 1. The van der Waals surface area contributed by atoms with Crippen LogP contribution in [-0.2, 0) is 17.7 Å². The van der Waals surface area contributed by atoms with Crippen molar-refractivity contribution in [3.8, 4) is 17.6 Å². The second-order valence-corrected chi connectivity index (χ2v) is 9.40. The third-order valence-electron chi connectivity index (χ3n) is 6.50. The summed E-state index contributed by atoms with van der Waals surface area (Å²) in [6, 6.07) is 16.2. The second-order valence-electron chi connectivity index (χ2n) is 9.40. The maximum Gasteiger partial charge on any atom is 0.293 e. The molecule has 1 aromatic heterocycles. The minimum Gasteiger partial charge on any atom is -0.502 e. The smallest absolute Gasteiger partial charge is 0.293 e. The van der Waals surface area contributed by atoms with E-state index in [-0.39, 0.29) is 17.7 Å². The Morgan fingerprint density at radius 1 is 1.16 bits per heavy atom. The van der Waals surface area contributed by atoms with E-state index in [0.717, 1.165) is 42.9 Å². The highest BCUT2D eigenvalue weighted by atomic mass is 19.1.